The van der Waals surface area contributed by atoms with Crippen LogP contribution in [0.1, 0.15) is 0 Å². The molecule has 0 spiro atoms. The summed E-state index contributed by atoms with van der Waals surface area (Å²) in [6.45, 7) is 0. The quantitative estimate of drug-likeness (QED) is 0.103. The molecule has 30 aromatic rings. The van der Waals surface area contributed by atoms with Crippen molar-refractivity contribution in [3.8, 4) is 131 Å². The van der Waals surface area contributed by atoms with Crippen LogP contribution in [0.2, 0.25) is 0 Å². The van der Waals surface area contributed by atoms with Crippen LogP contribution in [0.5, 0.6) is 0 Å². The molecule has 147 heavy (non-hydrogen) atoms. The van der Waals surface area contributed by atoms with Crippen LogP contribution in [0, 0.1) is 0 Å². The maximum Gasteiger partial charge on any atom is 0.125 e. The minimum absolute atomic E-state index is 1.01. The van der Waals surface area contributed by atoms with E-state index in [1.54, 1.807) is 34.0 Å². The number of thiazole rings is 3. The summed E-state index contributed by atoms with van der Waals surface area (Å²) in [7, 11) is 0. The van der Waals surface area contributed by atoms with Gasteiger partial charge in [-0.2, -0.15) is 0 Å². The molecule has 0 atom stereocenters. The van der Waals surface area contributed by atoms with Gasteiger partial charge < -0.3 is 13.7 Å². The van der Waals surface area contributed by atoms with Crippen LogP contribution in [0.15, 0.2) is 528 Å². The molecule has 0 aliphatic heterocycles. The summed E-state index contributed by atoms with van der Waals surface area (Å²) in [5, 5.41) is 21.1. The van der Waals surface area contributed by atoms with Gasteiger partial charge in [0.05, 0.1) is 84.8 Å². The van der Waals surface area contributed by atoms with Gasteiger partial charge in [-0.25, -0.2) is 15.0 Å². The number of hydrogen-bond donors (Lipinski definition) is 0. The Hall–Kier alpha value is -18.7. The van der Waals surface area contributed by atoms with E-state index >= 15 is 0 Å². The third-order valence-electron chi connectivity index (χ3n) is 28.9. The smallest absolute Gasteiger partial charge is 0.125 e. The van der Waals surface area contributed by atoms with Gasteiger partial charge in [-0.15, -0.1) is 0 Å². The molecule has 690 valence electrons. The van der Waals surface area contributed by atoms with Crippen molar-refractivity contribution >= 4 is 165 Å². The molecule has 0 saturated carbocycles. The molecule has 0 aliphatic rings. The SMILES string of the molecule is c1ccc(-c2ccc3c(c2)c2c(ccc4c5cc(-c6ccccc6)ccc5n(-c5ccccc5)c42)n3-c2cnc(-c3ccccc3)s2)cc1.c1ccc(-c2ccc3c(c2)c2cc4c(cc2n3-c2ccccc2)c2cc(-c3ccccc3)ccc2n4-c2cnc(-c3ccccc3)s2)cc1.c1ccc(-c2ccc3c(c2)c2ccc4c(c5ccc(-c6ccccc6)cc5n4-c4ccccc4)c2n3-c2cnc(-c3ccccc3)s2)cc1. The molecule has 0 unspecified atom stereocenters. The summed E-state index contributed by atoms with van der Waals surface area (Å²) < 4.78 is 14.6. The maximum atomic E-state index is 4.95. The number of aromatic nitrogens is 9. The molecular formula is C135H87N9S3. The third kappa shape index (κ3) is 15.1. The maximum absolute atomic E-state index is 4.95. The first-order chi connectivity index (χ1) is 72.9. The first-order valence-electron chi connectivity index (χ1n) is 49.6. The average molecular weight is 1930 g/mol. The van der Waals surface area contributed by atoms with Crippen molar-refractivity contribution in [2.45, 2.75) is 0 Å². The number of hydrogen-bond acceptors (Lipinski definition) is 6. The largest absolute Gasteiger partial charge is 0.309 e. The Balaban J connectivity index is 0.000000107. The van der Waals surface area contributed by atoms with Crippen molar-refractivity contribution in [2.75, 3.05) is 0 Å². The Morgan fingerprint density at radius 2 is 0.354 bits per heavy atom. The Morgan fingerprint density at radius 1 is 0.136 bits per heavy atom. The predicted molar refractivity (Wildman–Crippen MR) is 621 cm³/mol. The van der Waals surface area contributed by atoms with Crippen LogP contribution >= 0.6 is 34.0 Å². The second-order valence-electron chi connectivity index (χ2n) is 37.3. The van der Waals surface area contributed by atoms with Crippen LogP contribution < -0.4 is 0 Å². The number of nitrogens with zero attached hydrogens (tertiary/aromatic N) is 9. The van der Waals surface area contributed by atoms with E-state index < -0.39 is 0 Å². The highest BCUT2D eigenvalue weighted by Crippen LogP contribution is 2.51. The van der Waals surface area contributed by atoms with Gasteiger partial charge in [0, 0.05) is 98.4 Å². The fourth-order valence-electron chi connectivity index (χ4n) is 22.1. The summed E-state index contributed by atoms with van der Waals surface area (Å²) in [6, 6.07) is 183. The van der Waals surface area contributed by atoms with Gasteiger partial charge in [0.2, 0.25) is 0 Å². The van der Waals surface area contributed by atoms with E-state index in [-0.39, 0.29) is 0 Å². The predicted octanol–water partition coefficient (Wildman–Crippen LogP) is 37.0. The summed E-state index contributed by atoms with van der Waals surface area (Å²) >= 11 is 5.20. The molecule has 0 aliphatic carbocycles. The highest BCUT2D eigenvalue weighted by molar-refractivity contribution is 7.18. The van der Waals surface area contributed by atoms with E-state index in [0.29, 0.717) is 0 Å². The fraction of sp³-hybridized carbons (Fsp3) is 0. The highest BCUT2D eigenvalue weighted by Gasteiger charge is 2.29. The van der Waals surface area contributed by atoms with Gasteiger partial charge in [-0.1, -0.05) is 416 Å². The van der Waals surface area contributed by atoms with Crippen LogP contribution in [0.4, 0.5) is 0 Å². The second kappa shape index (κ2) is 36.4. The van der Waals surface area contributed by atoms with Gasteiger partial charge in [0.15, 0.2) is 0 Å². The first-order valence-corrected chi connectivity index (χ1v) is 52.1. The lowest BCUT2D eigenvalue weighted by Gasteiger charge is -2.09. The fourth-order valence-corrected chi connectivity index (χ4v) is 25.0. The van der Waals surface area contributed by atoms with Crippen molar-refractivity contribution in [3.05, 3.63) is 528 Å². The van der Waals surface area contributed by atoms with Crippen LogP contribution in [-0.4, -0.2) is 42.4 Å². The van der Waals surface area contributed by atoms with Crippen LogP contribution in [0.3, 0.4) is 0 Å². The van der Waals surface area contributed by atoms with Gasteiger partial charge in [0.1, 0.15) is 30.0 Å². The molecule has 9 nitrogen and oxygen atoms in total. The minimum Gasteiger partial charge on any atom is -0.309 e. The second-order valence-corrected chi connectivity index (χ2v) is 40.3. The van der Waals surface area contributed by atoms with Gasteiger partial charge in [-0.05, 0) is 194 Å². The average Bonchev–Trinajstić information content (AvgIpc) is 1.55. The number of fused-ring (bicyclic) bond motifs is 20. The molecule has 21 aromatic carbocycles. The van der Waals surface area contributed by atoms with E-state index in [9.17, 15) is 0 Å². The summed E-state index contributed by atoms with van der Waals surface area (Å²) in [5.74, 6) is 0. The normalized spacial score (nSPS) is 11.7. The Kier molecular flexibility index (Phi) is 21.3. The van der Waals surface area contributed by atoms with Crippen molar-refractivity contribution in [2.24, 2.45) is 0 Å². The van der Waals surface area contributed by atoms with Gasteiger partial charge in [0.25, 0.3) is 0 Å². The Morgan fingerprint density at radius 3 is 0.721 bits per heavy atom. The first kappa shape index (κ1) is 86.2. The number of para-hydroxylation sites is 3. The highest BCUT2D eigenvalue weighted by atomic mass is 32.1. The van der Waals surface area contributed by atoms with Gasteiger partial charge >= 0.3 is 0 Å². The number of benzene rings is 21. The molecule has 30 rings (SSSR count). The summed E-state index contributed by atoms with van der Waals surface area (Å²) in [6.07, 6.45) is 6.10. The number of rotatable bonds is 15. The standard InChI is InChI=1S/3C45H29N3S/c1-5-13-30(14-6-1)33-21-24-39-37(27-33)36-23-26-41-43(44(36)47(39)35-19-11-4-12-20-35)38-28-34(31-15-7-2-8-16-31)22-25-40(38)48(41)42-29-46-45(49-42)32-17-9-3-10-18-32;1-5-13-30(14-6-1)33-22-25-39-38(27-33)36-24-26-40-43(44(36)48(39)42-29-46-45(49-42)32-17-9-3-10-18-32)37-23-21-34(31-15-7-2-8-16-31)28-41(37)47(40)35-19-11-4-12-20-35;1-5-13-30(14-6-1)33-21-23-40-36(25-33)38-28-43-39(27-42(38)47(40)35-19-11-4-12-20-35)37-26-34(31-15-7-2-8-16-31)22-24-41(37)48(43)44-29-46-45(49-44)32-17-9-3-10-18-32/h3*1-29H. The van der Waals surface area contributed by atoms with E-state index in [1.165, 1.54) is 198 Å². The minimum atomic E-state index is 1.01. The molecule has 0 fully saturated rings. The Bertz CT molecular complexity index is 10200. The van der Waals surface area contributed by atoms with E-state index in [4.69, 9.17) is 15.0 Å². The molecule has 0 saturated heterocycles. The van der Waals surface area contributed by atoms with E-state index in [2.05, 4.69) is 537 Å². The topological polar surface area (TPSA) is 68.2 Å². The molecular weight excluding hydrogens is 1840 g/mol. The zero-order chi connectivity index (χ0) is 96.9. The molecule has 9 aromatic heterocycles. The third-order valence-corrected chi connectivity index (χ3v) is 31.9. The van der Waals surface area contributed by atoms with E-state index in [0.717, 1.165) is 63.8 Å². The molecule has 0 N–H and O–H groups in total. The molecule has 12 heteroatoms. The van der Waals surface area contributed by atoms with Crippen molar-refractivity contribution < 1.29 is 0 Å². The summed E-state index contributed by atoms with van der Waals surface area (Å²) in [5.41, 5.74) is 35.6. The lowest BCUT2D eigenvalue weighted by molar-refractivity contribution is 1.18. The van der Waals surface area contributed by atoms with Crippen molar-refractivity contribution in [3.63, 3.8) is 0 Å². The molecule has 0 bridgehead atoms. The van der Waals surface area contributed by atoms with Crippen LogP contribution in [0.25, 0.3) is 261 Å². The zero-order valence-corrected chi connectivity index (χ0v) is 81.9. The summed E-state index contributed by atoms with van der Waals surface area (Å²) in [4.78, 5) is 14.8. The van der Waals surface area contributed by atoms with Crippen molar-refractivity contribution in [1.29, 1.82) is 0 Å². The molecule has 0 radical (unpaired) electrons. The van der Waals surface area contributed by atoms with Crippen LogP contribution in [-0.2, 0) is 0 Å². The Labute approximate surface area is 859 Å². The van der Waals surface area contributed by atoms with Crippen molar-refractivity contribution in [1.82, 2.24) is 42.4 Å². The molecule has 9 heterocycles. The van der Waals surface area contributed by atoms with E-state index in [1.807, 2.05) is 18.6 Å². The lowest BCUT2D eigenvalue weighted by atomic mass is 10.0. The lowest BCUT2D eigenvalue weighted by Crippen LogP contribution is -1.94. The monoisotopic (exact) mass is 1930 g/mol. The molecule has 0 amide bonds. The van der Waals surface area contributed by atoms with Gasteiger partial charge in [-0.3, -0.25) is 13.7 Å². The zero-order valence-electron chi connectivity index (χ0n) is 79.5.